The minimum Gasteiger partial charge on any atom is -0.308 e. The number of benzene rings is 16. The maximum Gasteiger partial charge on any atom is 0.104 e. The zero-order valence-electron chi connectivity index (χ0n) is 61.5. The van der Waals surface area contributed by atoms with Crippen molar-refractivity contribution in [3.05, 3.63) is 372 Å². The van der Waals surface area contributed by atoms with Gasteiger partial charge in [-0.3, -0.25) is 0 Å². The van der Waals surface area contributed by atoms with Gasteiger partial charge in [-0.25, -0.2) is 0 Å². The Labute approximate surface area is 664 Å². The summed E-state index contributed by atoms with van der Waals surface area (Å²) in [5.41, 5.74) is 23.6. The van der Waals surface area contributed by atoms with Crippen molar-refractivity contribution in [3.8, 4) is 149 Å². The van der Waals surface area contributed by atoms with Crippen molar-refractivity contribution in [1.82, 2.24) is 18.3 Å². The number of para-hydroxylation sites is 3. The van der Waals surface area contributed by atoms with Gasteiger partial charge in [0.25, 0.3) is 0 Å². The second-order valence-electron chi connectivity index (χ2n) is 28.8. The number of fused-ring (bicyclic) bond motifs is 12. The highest BCUT2D eigenvalue weighted by Crippen LogP contribution is 2.47. The van der Waals surface area contributed by atoms with Crippen molar-refractivity contribution >= 4 is 87.2 Å². The molecule has 0 spiro atoms. The van der Waals surface area contributed by atoms with E-state index in [-0.39, 0.29) is 0 Å². The van der Waals surface area contributed by atoms with Crippen molar-refractivity contribution in [2.24, 2.45) is 0 Å². The van der Waals surface area contributed by atoms with Crippen LogP contribution in [0.2, 0.25) is 0 Å². The standard InChI is InChI=1S/C104H54N12/c105-55-63-15-13-20-65(43-63)77-51-101(113-95-30-12-9-27-84(95)88-47-69(36-41-96(88)113)79-22-4-1-17-73(79)57-107)91(61-111)102(52-77)114-97-40-35-68(46-89(97)90-48-70(37-42-98(90)114)80-23-5-2-18-74(80)58-108)67-31-32-76(60-110)87(45-67)72-34-39-86-83-26-8-11-29-94(83)116(100(86)50-72)104-54-78(66-21-14-16-64(44-66)56-106)53-103(92(104)62-112)115-93-28-10-7-25-82(93)85-38-33-71(49-99(85)115)81-24-6-3-19-75(81)59-109/h1-54H. The van der Waals surface area contributed by atoms with Gasteiger partial charge in [-0.05, 0) is 218 Å². The lowest BCUT2D eigenvalue weighted by Crippen LogP contribution is -2.05. The highest BCUT2D eigenvalue weighted by atomic mass is 15.0. The molecule has 0 saturated heterocycles. The first-order valence-corrected chi connectivity index (χ1v) is 37.6. The second-order valence-corrected chi connectivity index (χ2v) is 28.8. The van der Waals surface area contributed by atoms with E-state index in [2.05, 4.69) is 182 Å². The third-order valence-corrected chi connectivity index (χ3v) is 22.7. The fourth-order valence-corrected chi connectivity index (χ4v) is 17.4. The van der Waals surface area contributed by atoms with E-state index in [0.29, 0.717) is 72.8 Å². The summed E-state index contributed by atoms with van der Waals surface area (Å²) >= 11 is 0. The average Bonchev–Trinajstić information content (AvgIpc) is 1.55. The molecule has 12 nitrogen and oxygen atoms in total. The lowest BCUT2D eigenvalue weighted by Gasteiger charge is -2.19. The maximum atomic E-state index is 12.1. The molecule has 16 aromatic carbocycles. The van der Waals surface area contributed by atoms with Gasteiger partial charge in [0, 0.05) is 48.7 Å². The quantitative estimate of drug-likeness (QED) is 0.121. The fourth-order valence-electron chi connectivity index (χ4n) is 17.4. The maximum absolute atomic E-state index is 12.1. The van der Waals surface area contributed by atoms with Gasteiger partial charge in [-0.1, -0.05) is 182 Å². The molecule has 0 fully saturated rings. The van der Waals surface area contributed by atoms with Crippen molar-refractivity contribution in [1.29, 1.82) is 42.1 Å². The largest absolute Gasteiger partial charge is 0.308 e. The Bertz CT molecular complexity index is 8090. The molecule has 0 N–H and O–H groups in total. The molecule has 20 aromatic rings. The number of hydrogen-bond acceptors (Lipinski definition) is 8. The summed E-state index contributed by atoms with van der Waals surface area (Å²) in [5.74, 6) is 0. The third-order valence-electron chi connectivity index (χ3n) is 22.7. The van der Waals surface area contributed by atoms with E-state index in [1.807, 2.05) is 200 Å². The minimum atomic E-state index is 0.376. The van der Waals surface area contributed by atoms with Crippen molar-refractivity contribution < 1.29 is 0 Å². The van der Waals surface area contributed by atoms with Crippen LogP contribution in [-0.2, 0) is 0 Å². The van der Waals surface area contributed by atoms with E-state index in [1.54, 1.807) is 12.1 Å². The van der Waals surface area contributed by atoms with E-state index >= 15 is 0 Å². The number of nitrogens with zero attached hydrogens (tertiary/aromatic N) is 12. The minimum absolute atomic E-state index is 0.376. The Balaban J connectivity index is 0.793. The highest BCUT2D eigenvalue weighted by Gasteiger charge is 2.28. The van der Waals surface area contributed by atoms with Gasteiger partial charge in [-0.2, -0.15) is 42.1 Å². The topological polar surface area (TPSA) is 210 Å². The predicted molar refractivity (Wildman–Crippen MR) is 460 cm³/mol. The van der Waals surface area contributed by atoms with Crippen LogP contribution in [0.3, 0.4) is 0 Å². The molecule has 20 rings (SSSR count). The molecule has 0 aliphatic rings. The molecule has 0 aliphatic carbocycles. The smallest absolute Gasteiger partial charge is 0.104 e. The van der Waals surface area contributed by atoms with E-state index in [1.165, 1.54) is 0 Å². The van der Waals surface area contributed by atoms with Crippen LogP contribution in [0.1, 0.15) is 44.5 Å². The van der Waals surface area contributed by atoms with E-state index in [4.69, 9.17) is 0 Å². The second kappa shape index (κ2) is 27.3. The van der Waals surface area contributed by atoms with E-state index in [9.17, 15) is 42.1 Å². The molecule has 0 unspecified atom stereocenters. The van der Waals surface area contributed by atoms with Crippen molar-refractivity contribution in [3.63, 3.8) is 0 Å². The molecule has 530 valence electrons. The summed E-state index contributed by atoms with van der Waals surface area (Å²) in [6.45, 7) is 0. The van der Waals surface area contributed by atoms with Gasteiger partial charge in [-0.15, -0.1) is 0 Å². The number of aromatic nitrogens is 4. The Hall–Kier alpha value is -17.4. The van der Waals surface area contributed by atoms with E-state index < -0.39 is 0 Å². The average molecular weight is 1470 g/mol. The Morgan fingerprint density at radius 2 is 0.457 bits per heavy atom. The van der Waals surface area contributed by atoms with Crippen LogP contribution in [0.25, 0.3) is 188 Å². The third kappa shape index (κ3) is 10.8. The Morgan fingerprint density at radius 1 is 0.164 bits per heavy atom. The summed E-state index contributed by atoms with van der Waals surface area (Å²) in [4.78, 5) is 0. The van der Waals surface area contributed by atoms with Crippen molar-refractivity contribution in [2.45, 2.75) is 0 Å². The lowest BCUT2D eigenvalue weighted by atomic mass is 9.93. The zero-order chi connectivity index (χ0) is 78.4. The Kier molecular flexibility index (Phi) is 16.0. The molecule has 0 bridgehead atoms. The summed E-state index contributed by atoms with van der Waals surface area (Å²) in [7, 11) is 0. The fraction of sp³-hybridized carbons (Fsp3) is 0. The van der Waals surface area contributed by atoms with Gasteiger partial charge in [0.15, 0.2) is 0 Å². The van der Waals surface area contributed by atoms with Crippen LogP contribution in [0.4, 0.5) is 0 Å². The molecule has 4 heterocycles. The van der Waals surface area contributed by atoms with Crippen LogP contribution in [0.15, 0.2) is 328 Å². The summed E-state index contributed by atoms with van der Waals surface area (Å²) < 4.78 is 8.59. The van der Waals surface area contributed by atoms with Crippen LogP contribution in [-0.4, -0.2) is 18.3 Å². The van der Waals surface area contributed by atoms with Gasteiger partial charge < -0.3 is 18.3 Å². The molecule has 0 amide bonds. The molecule has 0 atom stereocenters. The van der Waals surface area contributed by atoms with Crippen LogP contribution in [0, 0.1) is 90.6 Å². The van der Waals surface area contributed by atoms with Crippen molar-refractivity contribution in [2.75, 3.05) is 0 Å². The molecule has 0 radical (unpaired) electrons. The van der Waals surface area contributed by atoms with Gasteiger partial charge >= 0.3 is 0 Å². The Morgan fingerprint density at radius 3 is 0.871 bits per heavy atom. The van der Waals surface area contributed by atoms with Crippen LogP contribution >= 0.6 is 0 Å². The monoisotopic (exact) mass is 1470 g/mol. The molecule has 116 heavy (non-hydrogen) atoms. The first kappa shape index (κ1) is 68.0. The van der Waals surface area contributed by atoms with Crippen LogP contribution < -0.4 is 0 Å². The summed E-state index contributed by atoms with van der Waals surface area (Å²) in [6, 6.07) is 127. The van der Waals surface area contributed by atoms with Gasteiger partial charge in [0.1, 0.15) is 23.3 Å². The molecule has 0 saturated carbocycles. The zero-order valence-corrected chi connectivity index (χ0v) is 61.5. The summed E-state index contributed by atoms with van der Waals surface area (Å²) in [6.07, 6.45) is 0. The first-order chi connectivity index (χ1) is 57.2. The SMILES string of the molecule is N#Cc1cccc(-c2cc(-n3c4ccccc4c4cc(-c5ccccc5C#N)ccc43)c(C#N)c(-n3c4ccc(-c5ccc(C#N)c(-c6ccc7c8ccccc8n(-c8cc(-c9cccc(C#N)c9)cc(-n9c%10ccccc%10c%10ccc(-c%11ccccc%11C#N)cc%109)c8C#N)c7c6)c5)cc4c4cc(-c5ccccc5C#N)ccc43)c2)c1. The molecule has 12 heteroatoms. The number of rotatable bonds is 11. The lowest BCUT2D eigenvalue weighted by molar-refractivity contribution is 1.12. The molecular weight excluding hydrogens is 1420 g/mol. The van der Waals surface area contributed by atoms with Gasteiger partial charge in [0.2, 0.25) is 0 Å². The molecule has 4 aromatic heterocycles. The predicted octanol–water partition coefficient (Wildman–Crippen LogP) is 24.7. The van der Waals surface area contributed by atoms with E-state index in [0.717, 1.165) is 160 Å². The highest BCUT2D eigenvalue weighted by molar-refractivity contribution is 6.16. The number of nitriles is 8. The first-order valence-electron chi connectivity index (χ1n) is 37.6. The number of hydrogen-bond donors (Lipinski definition) is 0. The van der Waals surface area contributed by atoms with Gasteiger partial charge in [0.05, 0.1) is 137 Å². The normalized spacial score (nSPS) is 11.2. The molecule has 0 aliphatic heterocycles. The van der Waals surface area contributed by atoms with Crippen LogP contribution in [0.5, 0.6) is 0 Å². The summed E-state index contributed by atoms with van der Waals surface area (Å²) in [5, 5.41) is 94.7. The molecular formula is C104H54N12.